The molecule has 0 saturated heterocycles. The number of aliphatic carboxylic acids is 1. The smallest absolute Gasteiger partial charge is 0.345 e. The Morgan fingerprint density at radius 1 is 1.38 bits per heavy atom. The van der Waals surface area contributed by atoms with Crippen LogP contribution in [0.4, 0.5) is 8.78 Å². The summed E-state index contributed by atoms with van der Waals surface area (Å²) >= 11 is 0. The van der Waals surface area contributed by atoms with E-state index in [0.29, 0.717) is 6.07 Å². The third-order valence-electron chi connectivity index (χ3n) is 2.00. The van der Waals surface area contributed by atoms with Gasteiger partial charge >= 0.3 is 5.97 Å². The van der Waals surface area contributed by atoms with Gasteiger partial charge in [-0.15, -0.1) is 0 Å². The Balaban J connectivity index is 2.90. The fourth-order valence-corrected chi connectivity index (χ4v) is 1.18. The van der Waals surface area contributed by atoms with Gasteiger partial charge in [-0.2, -0.15) is 0 Å². The Kier molecular flexibility index (Phi) is 3.82. The highest BCUT2D eigenvalue weighted by molar-refractivity contribution is 5.73. The van der Waals surface area contributed by atoms with Crippen LogP contribution in [0.25, 0.3) is 0 Å². The van der Waals surface area contributed by atoms with Crippen LogP contribution in [-0.2, 0) is 4.79 Å². The maximum Gasteiger partial charge on any atom is 0.345 e. The average molecular weight is 230 g/mol. The van der Waals surface area contributed by atoms with Crippen LogP contribution in [0.3, 0.4) is 0 Å². The van der Waals surface area contributed by atoms with E-state index in [2.05, 4.69) is 0 Å². The zero-order chi connectivity index (χ0) is 12.3. The zero-order valence-corrected chi connectivity index (χ0v) is 8.91. The van der Waals surface area contributed by atoms with Gasteiger partial charge < -0.3 is 9.84 Å². The molecule has 0 aromatic heterocycles. The lowest BCUT2D eigenvalue weighted by molar-refractivity contribution is -0.147. The molecule has 0 saturated carbocycles. The molecule has 0 aliphatic carbocycles. The van der Waals surface area contributed by atoms with Gasteiger partial charge in [-0.25, -0.2) is 13.6 Å². The van der Waals surface area contributed by atoms with Crippen molar-refractivity contribution in [2.24, 2.45) is 5.92 Å². The van der Waals surface area contributed by atoms with Crippen LogP contribution in [0.1, 0.15) is 13.8 Å². The van der Waals surface area contributed by atoms with Gasteiger partial charge in [-0.3, -0.25) is 0 Å². The summed E-state index contributed by atoms with van der Waals surface area (Å²) in [7, 11) is 0. The Morgan fingerprint density at radius 2 is 2.00 bits per heavy atom. The number of benzene rings is 1. The topological polar surface area (TPSA) is 46.5 Å². The lowest BCUT2D eigenvalue weighted by Crippen LogP contribution is -2.32. The highest BCUT2D eigenvalue weighted by Gasteiger charge is 2.24. The van der Waals surface area contributed by atoms with Gasteiger partial charge in [0.2, 0.25) is 0 Å². The van der Waals surface area contributed by atoms with Crippen molar-refractivity contribution in [1.82, 2.24) is 0 Å². The van der Waals surface area contributed by atoms with E-state index in [-0.39, 0.29) is 11.7 Å². The third kappa shape index (κ3) is 2.92. The molecule has 1 rings (SSSR count). The number of carboxylic acids is 1. The molecule has 0 heterocycles. The molecule has 1 aromatic carbocycles. The van der Waals surface area contributed by atoms with Crippen LogP contribution in [0.2, 0.25) is 0 Å². The Labute approximate surface area is 91.7 Å². The molecule has 0 bridgehead atoms. The molecule has 0 aliphatic heterocycles. The van der Waals surface area contributed by atoms with Crippen molar-refractivity contribution in [3.05, 3.63) is 29.8 Å². The molecule has 88 valence electrons. The lowest BCUT2D eigenvalue weighted by atomic mass is 10.1. The molecule has 0 spiro atoms. The van der Waals surface area contributed by atoms with Gasteiger partial charge in [0, 0.05) is 12.0 Å². The molecular formula is C11H12F2O3. The summed E-state index contributed by atoms with van der Waals surface area (Å²) in [4.78, 5) is 10.8. The third-order valence-corrected chi connectivity index (χ3v) is 2.00. The summed E-state index contributed by atoms with van der Waals surface area (Å²) < 4.78 is 30.8. The summed E-state index contributed by atoms with van der Waals surface area (Å²) in [6.07, 6.45) is -1.15. The maximum atomic E-state index is 13.2. The van der Waals surface area contributed by atoms with E-state index >= 15 is 0 Å². The quantitative estimate of drug-likeness (QED) is 0.864. The first kappa shape index (κ1) is 12.4. The van der Waals surface area contributed by atoms with Gasteiger partial charge in [-0.1, -0.05) is 13.8 Å². The van der Waals surface area contributed by atoms with E-state index < -0.39 is 23.7 Å². The number of halogens is 2. The summed E-state index contributed by atoms with van der Waals surface area (Å²) in [5, 5.41) is 8.83. The minimum Gasteiger partial charge on any atom is -0.478 e. The van der Waals surface area contributed by atoms with Gasteiger partial charge in [0.05, 0.1) is 0 Å². The Hall–Kier alpha value is -1.65. The summed E-state index contributed by atoms with van der Waals surface area (Å²) in [6.45, 7) is 3.28. The highest BCUT2D eigenvalue weighted by Crippen LogP contribution is 2.21. The number of carbonyl (C=O) groups is 1. The van der Waals surface area contributed by atoms with Crippen LogP contribution in [-0.4, -0.2) is 17.2 Å². The average Bonchev–Trinajstić information content (AvgIpc) is 2.15. The number of hydrogen-bond acceptors (Lipinski definition) is 2. The molecule has 0 amide bonds. The molecule has 1 unspecified atom stereocenters. The van der Waals surface area contributed by atoms with E-state index in [1.54, 1.807) is 13.8 Å². The Morgan fingerprint density at radius 3 is 2.44 bits per heavy atom. The molecule has 16 heavy (non-hydrogen) atoms. The minimum absolute atomic E-state index is 0.262. The van der Waals surface area contributed by atoms with Crippen molar-refractivity contribution in [3.8, 4) is 5.75 Å². The van der Waals surface area contributed by atoms with Crippen LogP contribution in [0.5, 0.6) is 5.75 Å². The van der Waals surface area contributed by atoms with Crippen molar-refractivity contribution in [3.63, 3.8) is 0 Å². The van der Waals surface area contributed by atoms with Crippen molar-refractivity contribution >= 4 is 5.97 Å². The minimum atomic E-state index is -1.18. The first-order valence-electron chi connectivity index (χ1n) is 4.76. The predicted octanol–water partition coefficient (Wildman–Crippen LogP) is 2.45. The van der Waals surface area contributed by atoms with E-state index in [4.69, 9.17) is 9.84 Å². The maximum absolute atomic E-state index is 13.2. The van der Waals surface area contributed by atoms with Crippen molar-refractivity contribution < 1.29 is 23.4 Å². The first-order valence-corrected chi connectivity index (χ1v) is 4.76. The predicted molar refractivity (Wildman–Crippen MR) is 53.2 cm³/mol. The van der Waals surface area contributed by atoms with Crippen molar-refractivity contribution in [1.29, 1.82) is 0 Å². The summed E-state index contributed by atoms with van der Waals surface area (Å²) in [5.74, 6) is -3.41. The zero-order valence-electron chi connectivity index (χ0n) is 8.91. The fourth-order valence-electron chi connectivity index (χ4n) is 1.18. The first-order chi connectivity index (χ1) is 7.41. The number of hydrogen-bond donors (Lipinski definition) is 1. The number of carboxylic acid groups (broad SMARTS) is 1. The van der Waals surface area contributed by atoms with Crippen LogP contribution in [0, 0.1) is 17.6 Å². The van der Waals surface area contributed by atoms with E-state index in [1.165, 1.54) is 0 Å². The van der Waals surface area contributed by atoms with Crippen molar-refractivity contribution in [2.45, 2.75) is 20.0 Å². The van der Waals surface area contributed by atoms with Crippen LogP contribution < -0.4 is 4.74 Å². The van der Waals surface area contributed by atoms with Crippen molar-refractivity contribution in [2.75, 3.05) is 0 Å². The Bertz CT molecular complexity index is 391. The highest BCUT2D eigenvalue weighted by atomic mass is 19.1. The molecule has 1 atom stereocenters. The second-order valence-electron chi connectivity index (χ2n) is 3.70. The fraction of sp³-hybridized carbons (Fsp3) is 0.364. The SMILES string of the molecule is CC(C)C(Oc1ccc(F)cc1F)C(=O)O. The molecule has 0 fully saturated rings. The van der Waals surface area contributed by atoms with E-state index in [0.717, 1.165) is 12.1 Å². The molecule has 3 nitrogen and oxygen atoms in total. The van der Waals surface area contributed by atoms with Gasteiger partial charge in [0.1, 0.15) is 5.82 Å². The molecular weight excluding hydrogens is 218 g/mol. The van der Waals surface area contributed by atoms with E-state index in [9.17, 15) is 13.6 Å². The van der Waals surface area contributed by atoms with E-state index in [1.807, 2.05) is 0 Å². The standard InChI is InChI=1S/C11H12F2O3/c1-6(2)10(11(14)15)16-9-4-3-7(12)5-8(9)13/h3-6,10H,1-2H3,(H,14,15). The van der Waals surface area contributed by atoms with Gasteiger partial charge in [0.25, 0.3) is 0 Å². The van der Waals surface area contributed by atoms with Crippen LogP contribution >= 0.6 is 0 Å². The molecule has 1 aromatic rings. The second kappa shape index (κ2) is 4.92. The summed E-state index contributed by atoms with van der Waals surface area (Å²) in [5.41, 5.74) is 0. The largest absolute Gasteiger partial charge is 0.478 e. The number of ether oxygens (including phenoxy) is 1. The molecule has 0 aliphatic rings. The molecule has 5 heteroatoms. The lowest BCUT2D eigenvalue weighted by Gasteiger charge is -2.18. The normalized spacial score (nSPS) is 12.6. The monoisotopic (exact) mass is 230 g/mol. The van der Waals surface area contributed by atoms with Gasteiger partial charge in [0.15, 0.2) is 17.7 Å². The molecule has 1 N–H and O–H groups in total. The second-order valence-corrected chi connectivity index (χ2v) is 3.70. The summed E-state index contributed by atoms with van der Waals surface area (Å²) in [6, 6.07) is 2.73. The van der Waals surface area contributed by atoms with Gasteiger partial charge in [-0.05, 0) is 12.1 Å². The van der Waals surface area contributed by atoms with Crippen LogP contribution in [0.15, 0.2) is 18.2 Å². The number of rotatable bonds is 4. The molecule has 0 radical (unpaired) electrons.